The van der Waals surface area contributed by atoms with Gasteiger partial charge in [-0.1, -0.05) is 60.1 Å². The van der Waals surface area contributed by atoms with Crippen molar-refractivity contribution >= 4 is 27.9 Å². The summed E-state index contributed by atoms with van der Waals surface area (Å²) in [5.74, 6) is -0.473. The Balaban J connectivity index is 1.87. The monoisotopic (exact) mass is 418 g/mol. The van der Waals surface area contributed by atoms with Crippen LogP contribution in [0, 0.1) is 5.82 Å². The zero-order chi connectivity index (χ0) is 19.1. The van der Waals surface area contributed by atoms with Crippen LogP contribution >= 0.6 is 15.9 Å². The van der Waals surface area contributed by atoms with E-state index in [9.17, 15) is 14.0 Å². The first-order valence-electron chi connectivity index (χ1n) is 8.41. The molecule has 1 fully saturated rings. The van der Waals surface area contributed by atoms with E-state index in [-0.39, 0.29) is 18.0 Å². The van der Waals surface area contributed by atoms with Crippen LogP contribution in [0.3, 0.4) is 0 Å². The van der Waals surface area contributed by atoms with Gasteiger partial charge in [-0.15, -0.1) is 0 Å². The van der Waals surface area contributed by atoms with E-state index in [4.69, 9.17) is 0 Å². The second kappa shape index (κ2) is 6.83. The molecule has 0 spiro atoms. The van der Waals surface area contributed by atoms with E-state index < -0.39 is 17.4 Å². The Hall–Kier alpha value is -2.21. The SMILES string of the molecule is CC(C)c1ccc([C@]2(C)NC(=O)N(Cc3ccc(Br)cc3F)C2=O)cc1. The minimum atomic E-state index is -1.15. The van der Waals surface area contributed by atoms with Gasteiger partial charge in [-0.2, -0.15) is 0 Å². The number of carbonyl (C=O) groups is 2. The second-order valence-electron chi connectivity index (χ2n) is 6.96. The average molecular weight is 419 g/mol. The number of rotatable bonds is 4. The minimum absolute atomic E-state index is 0.108. The van der Waals surface area contributed by atoms with Crippen molar-refractivity contribution in [3.8, 4) is 0 Å². The Morgan fingerprint density at radius 2 is 1.81 bits per heavy atom. The third-order valence-electron chi connectivity index (χ3n) is 4.77. The van der Waals surface area contributed by atoms with E-state index >= 15 is 0 Å². The van der Waals surface area contributed by atoms with E-state index in [1.165, 1.54) is 6.07 Å². The molecule has 0 saturated carbocycles. The van der Waals surface area contributed by atoms with Crippen LogP contribution in [0.25, 0.3) is 0 Å². The Bertz CT molecular complexity index is 867. The van der Waals surface area contributed by atoms with Crippen molar-refractivity contribution in [2.24, 2.45) is 0 Å². The van der Waals surface area contributed by atoms with Crippen molar-refractivity contribution in [3.63, 3.8) is 0 Å². The summed E-state index contributed by atoms with van der Waals surface area (Å²) in [5, 5.41) is 2.75. The normalized spacial score (nSPS) is 20.0. The predicted octanol–water partition coefficient (Wildman–Crippen LogP) is 4.68. The zero-order valence-corrected chi connectivity index (χ0v) is 16.4. The van der Waals surface area contributed by atoms with Crippen molar-refractivity contribution in [3.05, 3.63) is 69.4 Å². The molecule has 0 aliphatic carbocycles. The first kappa shape index (κ1) is 18.6. The Morgan fingerprint density at radius 3 is 2.38 bits per heavy atom. The maximum Gasteiger partial charge on any atom is 0.325 e. The van der Waals surface area contributed by atoms with Crippen molar-refractivity contribution < 1.29 is 14.0 Å². The van der Waals surface area contributed by atoms with Crippen molar-refractivity contribution in [2.75, 3.05) is 0 Å². The van der Waals surface area contributed by atoms with Crippen LogP contribution < -0.4 is 5.32 Å². The van der Waals surface area contributed by atoms with Crippen LogP contribution in [-0.2, 0) is 16.9 Å². The Labute approximate surface area is 160 Å². The van der Waals surface area contributed by atoms with Gasteiger partial charge >= 0.3 is 6.03 Å². The third kappa shape index (κ3) is 3.26. The largest absolute Gasteiger partial charge is 0.325 e. The second-order valence-corrected chi connectivity index (χ2v) is 7.87. The summed E-state index contributed by atoms with van der Waals surface area (Å²) < 4.78 is 14.7. The van der Waals surface area contributed by atoms with E-state index in [1.807, 2.05) is 24.3 Å². The molecule has 26 heavy (non-hydrogen) atoms. The highest BCUT2D eigenvalue weighted by molar-refractivity contribution is 9.10. The highest BCUT2D eigenvalue weighted by atomic mass is 79.9. The fourth-order valence-electron chi connectivity index (χ4n) is 3.06. The lowest BCUT2D eigenvalue weighted by Gasteiger charge is -2.23. The van der Waals surface area contributed by atoms with Gasteiger partial charge in [0.15, 0.2) is 0 Å². The highest BCUT2D eigenvalue weighted by Gasteiger charge is 2.49. The van der Waals surface area contributed by atoms with Gasteiger partial charge in [0.05, 0.1) is 6.54 Å². The maximum absolute atomic E-state index is 14.1. The topological polar surface area (TPSA) is 49.4 Å². The van der Waals surface area contributed by atoms with Crippen LogP contribution in [0.1, 0.15) is 43.4 Å². The molecule has 0 aromatic heterocycles. The molecule has 1 N–H and O–H groups in total. The molecule has 1 aliphatic rings. The molecule has 136 valence electrons. The zero-order valence-electron chi connectivity index (χ0n) is 14.8. The first-order valence-corrected chi connectivity index (χ1v) is 9.20. The fraction of sp³-hybridized carbons (Fsp3) is 0.300. The van der Waals surface area contributed by atoms with Crippen molar-refractivity contribution in [1.29, 1.82) is 0 Å². The number of hydrogen-bond acceptors (Lipinski definition) is 2. The Kier molecular flexibility index (Phi) is 4.88. The summed E-state index contributed by atoms with van der Waals surface area (Å²) in [7, 11) is 0. The predicted molar refractivity (Wildman–Crippen MR) is 101 cm³/mol. The summed E-state index contributed by atoms with van der Waals surface area (Å²) in [6, 6.07) is 11.7. The van der Waals surface area contributed by atoms with E-state index in [1.54, 1.807) is 19.1 Å². The van der Waals surface area contributed by atoms with Gasteiger partial charge in [0.25, 0.3) is 5.91 Å². The summed E-state index contributed by atoms with van der Waals surface area (Å²) >= 11 is 3.20. The number of urea groups is 1. The molecule has 0 radical (unpaired) electrons. The van der Waals surface area contributed by atoms with E-state index in [2.05, 4.69) is 35.1 Å². The Morgan fingerprint density at radius 1 is 1.15 bits per heavy atom. The number of hydrogen-bond donors (Lipinski definition) is 1. The summed E-state index contributed by atoms with van der Waals surface area (Å²) in [6.07, 6.45) is 0. The molecule has 1 saturated heterocycles. The molecule has 6 heteroatoms. The molecule has 3 amide bonds. The number of nitrogens with one attached hydrogen (secondary N) is 1. The third-order valence-corrected chi connectivity index (χ3v) is 5.27. The molecular weight excluding hydrogens is 399 g/mol. The summed E-state index contributed by atoms with van der Waals surface area (Å²) in [6.45, 7) is 5.75. The maximum atomic E-state index is 14.1. The van der Waals surface area contributed by atoms with Crippen molar-refractivity contribution in [2.45, 2.75) is 38.8 Å². The van der Waals surface area contributed by atoms with Gasteiger partial charge in [0.1, 0.15) is 11.4 Å². The lowest BCUT2D eigenvalue weighted by Crippen LogP contribution is -2.40. The number of halogens is 2. The molecule has 1 aliphatic heterocycles. The van der Waals surface area contributed by atoms with Crippen molar-refractivity contribution in [1.82, 2.24) is 10.2 Å². The van der Waals surface area contributed by atoms with E-state index in [0.717, 1.165) is 10.5 Å². The van der Waals surface area contributed by atoms with E-state index in [0.29, 0.717) is 16.0 Å². The van der Waals surface area contributed by atoms with Crippen LogP contribution in [0.15, 0.2) is 46.9 Å². The standard InChI is InChI=1S/C20H20BrFN2O2/c1-12(2)13-4-7-15(8-5-13)20(3)18(25)24(19(26)23-20)11-14-6-9-16(21)10-17(14)22/h4-10,12H,11H2,1-3H3,(H,23,26)/t20-/m0/s1. The molecule has 1 heterocycles. The number of carbonyl (C=O) groups excluding carboxylic acids is 2. The van der Waals surface area contributed by atoms with Crippen LogP contribution in [-0.4, -0.2) is 16.8 Å². The molecule has 3 rings (SSSR count). The molecule has 2 aromatic carbocycles. The lowest BCUT2D eigenvalue weighted by atomic mass is 9.90. The smallest absolute Gasteiger partial charge is 0.319 e. The fourth-order valence-corrected chi connectivity index (χ4v) is 3.39. The quantitative estimate of drug-likeness (QED) is 0.732. The van der Waals surface area contributed by atoms with Gasteiger partial charge in [0, 0.05) is 10.0 Å². The lowest BCUT2D eigenvalue weighted by molar-refractivity contribution is -0.131. The summed E-state index contributed by atoms with van der Waals surface area (Å²) in [5.41, 5.74) is 0.997. The minimum Gasteiger partial charge on any atom is -0.319 e. The van der Waals surface area contributed by atoms with Gasteiger partial charge in [0.2, 0.25) is 0 Å². The highest BCUT2D eigenvalue weighted by Crippen LogP contribution is 2.31. The molecule has 4 nitrogen and oxygen atoms in total. The molecule has 2 aromatic rings. The van der Waals surface area contributed by atoms with Gasteiger partial charge in [-0.25, -0.2) is 9.18 Å². The van der Waals surface area contributed by atoms with Crippen LogP contribution in [0.5, 0.6) is 0 Å². The molecule has 0 unspecified atom stereocenters. The van der Waals surface area contributed by atoms with Gasteiger partial charge in [-0.3, -0.25) is 9.69 Å². The average Bonchev–Trinajstić information content (AvgIpc) is 2.81. The van der Waals surface area contributed by atoms with Crippen LogP contribution in [0.4, 0.5) is 9.18 Å². The first-order chi connectivity index (χ1) is 12.2. The number of amides is 3. The number of imide groups is 1. The molecular formula is C20H20BrFN2O2. The number of benzene rings is 2. The number of nitrogens with zero attached hydrogens (tertiary/aromatic N) is 1. The molecule has 0 bridgehead atoms. The molecule has 1 atom stereocenters. The van der Waals surface area contributed by atoms with Crippen LogP contribution in [0.2, 0.25) is 0 Å². The van der Waals surface area contributed by atoms with Gasteiger partial charge < -0.3 is 5.32 Å². The van der Waals surface area contributed by atoms with Gasteiger partial charge in [-0.05, 0) is 36.1 Å². The summed E-state index contributed by atoms with van der Waals surface area (Å²) in [4.78, 5) is 26.4.